The molecular formula is C12H19NO4. The number of carbonyl (C=O) groups is 2. The van der Waals surface area contributed by atoms with Crippen LogP contribution in [-0.2, 0) is 14.4 Å². The Labute approximate surface area is 100 Å². The van der Waals surface area contributed by atoms with Crippen LogP contribution in [0.5, 0.6) is 0 Å². The van der Waals surface area contributed by atoms with Gasteiger partial charge in [-0.25, -0.2) is 5.48 Å². The molecule has 2 N–H and O–H groups in total. The minimum atomic E-state index is -0.906. The molecule has 0 bridgehead atoms. The van der Waals surface area contributed by atoms with E-state index in [1.54, 1.807) is 13.8 Å². The van der Waals surface area contributed by atoms with E-state index in [-0.39, 0.29) is 12.0 Å². The molecule has 0 aromatic carbocycles. The molecule has 2 aliphatic carbocycles. The van der Waals surface area contributed by atoms with E-state index in [0.29, 0.717) is 0 Å². The van der Waals surface area contributed by atoms with Gasteiger partial charge in [-0.3, -0.25) is 14.4 Å². The summed E-state index contributed by atoms with van der Waals surface area (Å²) in [6.45, 7) is 3.59. The van der Waals surface area contributed by atoms with Gasteiger partial charge in [0.15, 0.2) is 0 Å². The minimum Gasteiger partial charge on any atom is -0.481 e. The average Bonchev–Trinajstić information content (AvgIpc) is 2.65. The van der Waals surface area contributed by atoms with Crippen molar-refractivity contribution in [3.05, 3.63) is 0 Å². The van der Waals surface area contributed by atoms with E-state index in [2.05, 4.69) is 5.48 Å². The van der Waals surface area contributed by atoms with E-state index in [9.17, 15) is 9.59 Å². The van der Waals surface area contributed by atoms with Crippen LogP contribution in [0.2, 0.25) is 0 Å². The molecule has 0 aromatic heterocycles. The van der Waals surface area contributed by atoms with E-state index in [1.807, 2.05) is 0 Å². The van der Waals surface area contributed by atoms with Crippen LogP contribution in [0.1, 0.15) is 39.5 Å². The first-order valence-electron chi connectivity index (χ1n) is 6.13. The van der Waals surface area contributed by atoms with Gasteiger partial charge < -0.3 is 5.11 Å². The first-order valence-corrected chi connectivity index (χ1v) is 6.13. The Morgan fingerprint density at radius 1 is 1.24 bits per heavy atom. The van der Waals surface area contributed by atoms with Crippen LogP contribution in [0.25, 0.3) is 0 Å². The molecule has 5 heteroatoms. The van der Waals surface area contributed by atoms with Crippen molar-refractivity contribution in [1.82, 2.24) is 5.48 Å². The number of hydrogen-bond acceptors (Lipinski definition) is 3. The predicted octanol–water partition coefficient (Wildman–Crippen LogP) is 1.33. The van der Waals surface area contributed by atoms with Crippen LogP contribution in [0.15, 0.2) is 0 Å². The summed E-state index contributed by atoms with van der Waals surface area (Å²) < 4.78 is 0. The number of carboxylic acids is 1. The molecule has 2 aliphatic rings. The van der Waals surface area contributed by atoms with Crippen molar-refractivity contribution in [3.8, 4) is 0 Å². The van der Waals surface area contributed by atoms with Gasteiger partial charge in [-0.2, -0.15) is 0 Å². The van der Waals surface area contributed by atoms with Gasteiger partial charge in [-0.1, -0.05) is 26.7 Å². The molecule has 5 nitrogen and oxygen atoms in total. The number of aliphatic carboxylic acids is 1. The number of carbonyl (C=O) groups excluding carboxylic acids is 1. The largest absolute Gasteiger partial charge is 0.481 e. The molecule has 0 heterocycles. The average molecular weight is 241 g/mol. The molecular weight excluding hydrogens is 222 g/mol. The SMILES string of the molecule is CC1(C)C(C(=O)O)C1C(=O)NOC1CCCC1. The molecule has 0 spiro atoms. The molecule has 2 unspecified atom stereocenters. The summed E-state index contributed by atoms with van der Waals surface area (Å²) in [5, 5.41) is 8.97. The number of hydrogen-bond donors (Lipinski definition) is 2. The Morgan fingerprint density at radius 3 is 2.29 bits per heavy atom. The zero-order valence-electron chi connectivity index (χ0n) is 10.2. The van der Waals surface area contributed by atoms with Crippen molar-refractivity contribution in [1.29, 1.82) is 0 Å². The minimum absolute atomic E-state index is 0.101. The zero-order chi connectivity index (χ0) is 12.6. The van der Waals surface area contributed by atoms with Crippen LogP contribution in [0.3, 0.4) is 0 Å². The lowest BCUT2D eigenvalue weighted by Crippen LogP contribution is -2.31. The Morgan fingerprint density at radius 2 is 1.82 bits per heavy atom. The fourth-order valence-electron chi connectivity index (χ4n) is 2.80. The van der Waals surface area contributed by atoms with Crippen molar-refractivity contribution >= 4 is 11.9 Å². The number of rotatable bonds is 4. The van der Waals surface area contributed by atoms with Gasteiger partial charge in [-0.05, 0) is 18.3 Å². The number of carboxylic acid groups (broad SMARTS) is 1. The highest BCUT2D eigenvalue weighted by Gasteiger charge is 2.66. The third-order valence-electron chi connectivity index (χ3n) is 4.00. The third kappa shape index (κ3) is 2.29. The summed E-state index contributed by atoms with van der Waals surface area (Å²) in [5.74, 6) is -2.26. The Hall–Kier alpha value is -1.10. The van der Waals surface area contributed by atoms with Crippen molar-refractivity contribution in [3.63, 3.8) is 0 Å². The van der Waals surface area contributed by atoms with Crippen molar-refractivity contribution < 1.29 is 19.5 Å². The van der Waals surface area contributed by atoms with E-state index in [0.717, 1.165) is 25.7 Å². The molecule has 0 aromatic rings. The molecule has 17 heavy (non-hydrogen) atoms. The van der Waals surface area contributed by atoms with Gasteiger partial charge in [0.05, 0.1) is 17.9 Å². The quantitative estimate of drug-likeness (QED) is 0.728. The van der Waals surface area contributed by atoms with E-state index >= 15 is 0 Å². The summed E-state index contributed by atoms with van der Waals surface area (Å²) in [6, 6.07) is 0. The normalized spacial score (nSPS) is 31.2. The number of nitrogens with one attached hydrogen (secondary N) is 1. The predicted molar refractivity (Wildman–Crippen MR) is 59.9 cm³/mol. The summed E-state index contributed by atoms with van der Waals surface area (Å²) >= 11 is 0. The second kappa shape index (κ2) is 4.29. The van der Waals surface area contributed by atoms with Gasteiger partial charge >= 0.3 is 5.97 Å². The monoisotopic (exact) mass is 241 g/mol. The maximum absolute atomic E-state index is 11.8. The molecule has 96 valence electrons. The highest BCUT2D eigenvalue weighted by molar-refractivity contribution is 5.91. The standard InChI is InChI=1S/C12H19NO4/c1-12(2)8(9(12)11(15)16)10(14)13-17-7-5-3-4-6-7/h7-9H,3-6H2,1-2H3,(H,13,14)(H,15,16). The van der Waals surface area contributed by atoms with Crippen molar-refractivity contribution in [2.45, 2.75) is 45.6 Å². The second-order valence-electron chi connectivity index (χ2n) is 5.61. The van der Waals surface area contributed by atoms with Crippen molar-refractivity contribution in [2.75, 3.05) is 0 Å². The number of hydroxylamine groups is 1. The summed E-state index contributed by atoms with van der Waals surface area (Å²) in [6.07, 6.45) is 4.30. The molecule has 0 aliphatic heterocycles. The lowest BCUT2D eigenvalue weighted by atomic mass is 10.1. The summed E-state index contributed by atoms with van der Waals surface area (Å²) in [7, 11) is 0. The van der Waals surface area contributed by atoms with Crippen LogP contribution in [-0.4, -0.2) is 23.1 Å². The molecule has 0 radical (unpaired) electrons. The smallest absolute Gasteiger partial charge is 0.307 e. The first-order chi connectivity index (χ1) is 7.94. The van der Waals surface area contributed by atoms with Crippen LogP contribution >= 0.6 is 0 Å². The molecule has 1 amide bonds. The zero-order valence-corrected chi connectivity index (χ0v) is 10.2. The number of amides is 1. The maximum atomic E-state index is 11.8. The van der Waals surface area contributed by atoms with Gasteiger partial charge in [0, 0.05) is 0 Å². The highest BCUT2D eigenvalue weighted by Crippen LogP contribution is 2.58. The van der Waals surface area contributed by atoms with Crippen LogP contribution in [0, 0.1) is 17.3 Å². The Balaban J connectivity index is 1.82. The molecule has 2 rings (SSSR count). The molecule has 2 fully saturated rings. The van der Waals surface area contributed by atoms with Gasteiger partial charge in [0.25, 0.3) is 0 Å². The first kappa shape index (κ1) is 12.4. The van der Waals surface area contributed by atoms with Gasteiger partial charge in [0.2, 0.25) is 5.91 Å². The molecule has 0 saturated heterocycles. The summed E-state index contributed by atoms with van der Waals surface area (Å²) in [5.41, 5.74) is 1.96. The van der Waals surface area contributed by atoms with E-state index in [4.69, 9.17) is 9.94 Å². The Bertz CT molecular complexity index is 333. The third-order valence-corrected chi connectivity index (χ3v) is 4.00. The maximum Gasteiger partial charge on any atom is 0.307 e. The Kier molecular flexibility index (Phi) is 3.12. The second-order valence-corrected chi connectivity index (χ2v) is 5.61. The highest BCUT2D eigenvalue weighted by atomic mass is 16.7. The topological polar surface area (TPSA) is 75.6 Å². The fraction of sp³-hybridized carbons (Fsp3) is 0.833. The lowest BCUT2D eigenvalue weighted by Gasteiger charge is -2.11. The molecule has 2 saturated carbocycles. The van der Waals surface area contributed by atoms with Gasteiger partial charge in [-0.15, -0.1) is 0 Å². The fourth-order valence-corrected chi connectivity index (χ4v) is 2.80. The summed E-state index contributed by atoms with van der Waals surface area (Å²) in [4.78, 5) is 28.0. The van der Waals surface area contributed by atoms with Crippen LogP contribution < -0.4 is 5.48 Å². The van der Waals surface area contributed by atoms with E-state index in [1.165, 1.54) is 0 Å². The lowest BCUT2D eigenvalue weighted by molar-refractivity contribution is -0.144. The van der Waals surface area contributed by atoms with E-state index < -0.39 is 23.2 Å². The molecule has 2 atom stereocenters. The van der Waals surface area contributed by atoms with Crippen LogP contribution in [0.4, 0.5) is 0 Å². The van der Waals surface area contributed by atoms with Crippen molar-refractivity contribution in [2.24, 2.45) is 17.3 Å². The van der Waals surface area contributed by atoms with Gasteiger partial charge in [0.1, 0.15) is 0 Å².